The number of carbonyl (C=O) groups is 2. The van der Waals surface area contributed by atoms with Crippen molar-refractivity contribution in [2.45, 2.75) is 32.2 Å². The van der Waals surface area contributed by atoms with Crippen molar-refractivity contribution in [3.63, 3.8) is 0 Å². The molecule has 2 aliphatic rings. The van der Waals surface area contributed by atoms with E-state index in [4.69, 9.17) is 14.2 Å². The topological polar surface area (TPSA) is 85.3 Å². The van der Waals surface area contributed by atoms with Gasteiger partial charge in [-0.1, -0.05) is 38.1 Å². The van der Waals surface area contributed by atoms with Crippen molar-refractivity contribution < 1.29 is 28.9 Å². The summed E-state index contributed by atoms with van der Waals surface area (Å²) in [5.74, 6) is -0.112. The fourth-order valence-corrected chi connectivity index (χ4v) is 4.25. The molecule has 2 heterocycles. The number of amides is 1. The summed E-state index contributed by atoms with van der Waals surface area (Å²) < 4.78 is 16.3. The Labute approximate surface area is 193 Å². The number of ether oxygens (including phenoxy) is 3. The van der Waals surface area contributed by atoms with Gasteiger partial charge in [0.25, 0.3) is 11.7 Å². The lowest BCUT2D eigenvalue weighted by Crippen LogP contribution is -2.31. The molecule has 174 valence electrons. The number of hydrogen-bond acceptors (Lipinski definition) is 6. The zero-order valence-corrected chi connectivity index (χ0v) is 19.2. The lowest BCUT2D eigenvalue weighted by atomic mass is 9.93. The third kappa shape index (κ3) is 4.46. The second-order valence-electron chi connectivity index (χ2n) is 8.52. The minimum atomic E-state index is -0.697. The van der Waals surface area contributed by atoms with Gasteiger partial charge in [-0.15, -0.1) is 0 Å². The normalized spacial score (nSPS) is 19.4. The molecule has 1 saturated heterocycles. The fraction of sp³-hybridized carbons (Fsp3) is 0.385. The minimum absolute atomic E-state index is 0.0754. The number of benzene rings is 2. The number of ketones is 1. The summed E-state index contributed by atoms with van der Waals surface area (Å²) in [6.07, 6.45) is 0.578. The Kier molecular flexibility index (Phi) is 6.70. The molecule has 0 spiro atoms. The number of hydrogen-bond donors (Lipinski definition) is 1. The number of aliphatic hydroxyl groups excluding tert-OH is 1. The van der Waals surface area contributed by atoms with Crippen LogP contribution in [0, 0.1) is 0 Å². The van der Waals surface area contributed by atoms with Crippen LogP contribution in [0.1, 0.15) is 48.9 Å². The van der Waals surface area contributed by atoms with Gasteiger partial charge in [-0.2, -0.15) is 0 Å². The number of likely N-dealkylation sites (tertiary alicyclic amines) is 1. The van der Waals surface area contributed by atoms with Crippen molar-refractivity contribution in [2.75, 3.05) is 33.5 Å². The second kappa shape index (κ2) is 9.67. The maximum Gasteiger partial charge on any atom is 0.295 e. The van der Waals surface area contributed by atoms with Crippen LogP contribution in [0.3, 0.4) is 0 Å². The van der Waals surface area contributed by atoms with Gasteiger partial charge >= 0.3 is 0 Å². The highest BCUT2D eigenvalue weighted by Gasteiger charge is 2.45. The molecule has 1 fully saturated rings. The lowest BCUT2D eigenvalue weighted by molar-refractivity contribution is -0.140. The first kappa shape index (κ1) is 22.9. The van der Waals surface area contributed by atoms with Crippen molar-refractivity contribution >= 4 is 17.4 Å². The van der Waals surface area contributed by atoms with E-state index in [1.807, 2.05) is 24.3 Å². The monoisotopic (exact) mass is 451 g/mol. The van der Waals surface area contributed by atoms with E-state index < -0.39 is 17.7 Å². The summed E-state index contributed by atoms with van der Waals surface area (Å²) in [6.45, 7) is 5.87. The van der Waals surface area contributed by atoms with E-state index in [1.165, 1.54) is 4.90 Å². The van der Waals surface area contributed by atoms with E-state index in [0.717, 1.165) is 11.1 Å². The molecule has 0 bridgehead atoms. The Morgan fingerprint density at radius 3 is 2.45 bits per heavy atom. The van der Waals surface area contributed by atoms with E-state index in [0.29, 0.717) is 55.8 Å². The summed E-state index contributed by atoms with van der Waals surface area (Å²) in [5, 5.41) is 11.2. The highest BCUT2D eigenvalue weighted by atomic mass is 16.6. The summed E-state index contributed by atoms with van der Waals surface area (Å²) in [6, 6.07) is 12.2. The van der Waals surface area contributed by atoms with Crippen molar-refractivity contribution in [3.05, 3.63) is 64.7 Å². The third-order valence-corrected chi connectivity index (χ3v) is 6.02. The van der Waals surface area contributed by atoms with Gasteiger partial charge in [0, 0.05) is 25.8 Å². The van der Waals surface area contributed by atoms with Crippen molar-refractivity contribution in [2.24, 2.45) is 0 Å². The number of Topliss-reactive ketones (excluding diaryl/α,β-unsaturated/α-hetero) is 1. The van der Waals surface area contributed by atoms with Crippen LogP contribution in [0.2, 0.25) is 0 Å². The number of nitrogens with zero attached hydrogens (tertiary/aromatic N) is 1. The van der Waals surface area contributed by atoms with E-state index >= 15 is 0 Å². The molecule has 2 aromatic rings. The smallest absolute Gasteiger partial charge is 0.295 e. The predicted octanol–water partition coefficient (Wildman–Crippen LogP) is 4.04. The van der Waals surface area contributed by atoms with Crippen LogP contribution in [0.5, 0.6) is 11.5 Å². The molecular formula is C26H29NO6. The largest absolute Gasteiger partial charge is 0.507 e. The Bertz CT molecular complexity index is 1070. The quantitative estimate of drug-likeness (QED) is 0.296. The molecule has 0 saturated carbocycles. The molecule has 0 aromatic heterocycles. The Morgan fingerprint density at radius 1 is 1.09 bits per heavy atom. The van der Waals surface area contributed by atoms with Crippen LogP contribution in [0.25, 0.3) is 5.76 Å². The number of methoxy groups -OCH3 is 1. The highest BCUT2D eigenvalue weighted by molar-refractivity contribution is 6.46. The standard InChI is InChI=1S/C26H29NO6/c1-16(2)17-5-7-18(8-6-17)23-22(25(29)26(30)27(23)11-4-12-31-3)24(28)19-9-10-20-21(15-19)33-14-13-32-20/h5-10,15-16,23,28H,4,11-14H2,1-3H3/b24-22+/t23-/m0/s1. The molecule has 4 rings (SSSR count). The molecular weight excluding hydrogens is 422 g/mol. The Morgan fingerprint density at radius 2 is 1.79 bits per heavy atom. The molecule has 1 atom stereocenters. The van der Waals surface area contributed by atoms with Gasteiger partial charge in [-0.05, 0) is 41.7 Å². The summed E-state index contributed by atoms with van der Waals surface area (Å²) in [4.78, 5) is 27.6. The molecule has 7 nitrogen and oxygen atoms in total. The first-order chi connectivity index (χ1) is 15.9. The molecule has 0 aliphatic carbocycles. The van der Waals surface area contributed by atoms with Crippen molar-refractivity contribution in [1.29, 1.82) is 0 Å². The lowest BCUT2D eigenvalue weighted by Gasteiger charge is -2.26. The molecule has 2 aromatic carbocycles. The van der Waals surface area contributed by atoms with Crippen LogP contribution < -0.4 is 9.47 Å². The Hall–Kier alpha value is -3.32. The third-order valence-electron chi connectivity index (χ3n) is 6.02. The van der Waals surface area contributed by atoms with Gasteiger partial charge in [0.1, 0.15) is 19.0 Å². The second-order valence-corrected chi connectivity index (χ2v) is 8.52. The van der Waals surface area contributed by atoms with E-state index in [9.17, 15) is 14.7 Å². The summed E-state index contributed by atoms with van der Waals surface area (Å²) >= 11 is 0. The Balaban J connectivity index is 1.79. The maximum atomic E-state index is 13.1. The van der Waals surface area contributed by atoms with Gasteiger partial charge in [0.2, 0.25) is 0 Å². The van der Waals surface area contributed by atoms with Crippen LogP contribution in [0.4, 0.5) is 0 Å². The predicted molar refractivity (Wildman–Crippen MR) is 123 cm³/mol. The maximum absolute atomic E-state index is 13.1. The van der Waals surface area contributed by atoms with Gasteiger partial charge in [-0.3, -0.25) is 9.59 Å². The average molecular weight is 452 g/mol. The van der Waals surface area contributed by atoms with Crippen molar-refractivity contribution in [3.8, 4) is 11.5 Å². The van der Waals surface area contributed by atoms with Crippen molar-refractivity contribution in [1.82, 2.24) is 4.90 Å². The van der Waals surface area contributed by atoms with Crippen LogP contribution >= 0.6 is 0 Å². The molecule has 1 amide bonds. The van der Waals surface area contributed by atoms with Crippen LogP contribution in [-0.4, -0.2) is 55.2 Å². The number of aliphatic hydroxyl groups is 1. The number of rotatable bonds is 7. The summed E-state index contributed by atoms with van der Waals surface area (Å²) in [5.41, 5.74) is 2.40. The SMILES string of the molecule is COCCCN1C(=O)C(=O)/C(=C(/O)c2ccc3c(c2)OCCO3)[C@@H]1c1ccc(C(C)C)cc1. The first-order valence-electron chi connectivity index (χ1n) is 11.2. The molecule has 7 heteroatoms. The number of carbonyl (C=O) groups excluding carboxylic acids is 2. The molecule has 33 heavy (non-hydrogen) atoms. The van der Waals surface area contributed by atoms with Crippen LogP contribution in [0.15, 0.2) is 48.0 Å². The highest BCUT2D eigenvalue weighted by Crippen LogP contribution is 2.41. The van der Waals surface area contributed by atoms with Gasteiger partial charge in [0.05, 0.1) is 11.6 Å². The van der Waals surface area contributed by atoms with E-state index in [1.54, 1.807) is 25.3 Å². The van der Waals surface area contributed by atoms with Gasteiger partial charge < -0.3 is 24.2 Å². The van der Waals surface area contributed by atoms with Gasteiger partial charge in [-0.25, -0.2) is 0 Å². The number of fused-ring (bicyclic) bond motifs is 1. The first-order valence-corrected chi connectivity index (χ1v) is 11.2. The van der Waals surface area contributed by atoms with Gasteiger partial charge in [0.15, 0.2) is 11.5 Å². The average Bonchev–Trinajstić information content (AvgIpc) is 3.08. The molecule has 0 unspecified atom stereocenters. The zero-order chi connectivity index (χ0) is 23.5. The van der Waals surface area contributed by atoms with E-state index in [-0.39, 0.29) is 11.3 Å². The molecule has 2 aliphatic heterocycles. The molecule has 1 N–H and O–H groups in total. The summed E-state index contributed by atoms with van der Waals surface area (Å²) in [7, 11) is 1.60. The fourth-order valence-electron chi connectivity index (χ4n) is 4.25. The minimum Gasteiger partial charge on any atom is -0.507 e. The zero-order valence-electron chi connectivity index (χ0n) is 19.2. The molecule has 0 radical (unpaired) electrons. The van der Waals surface area contributed by atoms with E-state index in [2.05, 4.69) is 13.8 Å². The van der Waals surface area contributed by atoms with Crippen LogP contribution in [-0.2, 0) is 14.3 Å².